The van der Waals surface area contributed by atoms with Gasteiger partial charge >= 0.3 is 6.03 Å². The van der Waals surface area contributed by atoms with E-state index in [1.807, 2.05) is 18.7 Å². The van der Waals surface area contributed by atoms with E-state index in [0.29, 0.717) is 56.9 Å². The molecule has 0 aliphatic carbocycles. The molecule has 2 saturated heterocycles. The predicted octanol–water partition coefficient (Wildman–Crippen LogP) is 2.52. The molecule has 162 valence electrons. The van der Waals surface area contributed by atoms with E-state index in [1.54, 1.807) is 0 Å². The molecule has 2 heterocycles. The lowest BCUT2D eigenvalue weighted by molar-refractivity contribution is -0.119. The van der Waals surface area contributed by atoms with Crippen molar-refractivity contribution in [1.29, 1.82) is 0 Å². The Hall–Kier alpha value is -0.830. The summed E-state index contributed by atoms with van der Waals surface area (Å²) in [5.74, 6) is 1.35. The third kappa shape index (κ3) is 9.11. The first-order valence-corrected chi connectivity index (χ1v) is 11.7. The first kappa shape index (κ1) is 23.4. The van der Waals surface area contributed by atoms with Gasteiger partial charge in [-0.1, -0.05) is 6.42 Å². The molecule has 2 aliphatic heterocycles. The van der Waals surface area contributed by atoms with Crippen LogP contribution < -0.4 is 10.6 Å². The Kier molecular flexibility index (Phi) is 11.9. The van der Waals surface area contributed by atoms with Gasteiger partial charge in [-0.2, -0.15) is 11.8 Å². The predicted molar refractivity (Wildman–Crippen MR) is 111 cm³/mol. The number of rotatable bonds is 17. The van der Waals surface area contributed by atoms with Crippen LogP contribution in [-0.4, -0.2) is 74.5 Å². The van der Waals surface area contributed by atoms with E-state index in [9.17, 15) is 9.59 Å². The van der Waals surface area contributed by atoms with Gasteiger partial charge in [0.25, 0.3) is 0 Å². The van der Waals surface area contributed by atoms with Crippen molar-refractivity contribution in [3.05, 3.63) is 0 Å². The molecular weight excluding hydrogens is 380 g/mol. The van der Waals surface area contributed by atoms with E-state index >= 15 is 0 Å². The second kappa shape index (κ2) is 14.2. The third-order valence-electron chi connectivity index (χ3n) is 5.07. The summed E-state index contributed by atoms with van der Waals surface area (Å²) < 4.78 is 16.1. The van der Waals surface area contributed by atoms with Gasteiger partial charge in [0.1, 0.15) is 5.78 Å². The second-order valence-electron chi connectivity index (χ2n) is 7.29. The van der Waals surface area contributed by atoms with E-state index in [1.165, 1.54) is 0 Å². The van der Waals surface area contributed by atoms with E-state index in [4.69, 9.17) is 14.2 Å². The number of fused-ring (bicyclic) bond motifs is 1. The number of carbonyl (C=O) groups excluding carboxylic acids is 2. The molecule has 2 amide bonds. The molecule has 2 fully saturated rings. The van der Waals surface area contributed by atoms with Gasteiger partial charge in [-0.05, 0) is 32.6 Å². The quantitative estimate of drug-likeness (QED) is 0.280. The molecule has 2 N–H and O–H groups in total. The number of unbranched alkanes of at least 4 members (excludes halogenated alkanes) is 2. The number of ketones is 1. The molecule has 0 saturated carbocycles. The van der Waals surface area contributed by atoms with E-state index in [-0.39, 0.29) is 18.1 Å². The molecule has 0 aromatic heterocycles. The molecule has 2 rings (SSSR count). The summed E-state index contributed by atoms with van der Waals surface area (Å²) in [5, 5.41) is 6.46. The van der Waals surface area contributed by atoms with Gasteiger partial charge in [0.15, 0.2) is 0 Å². The van der Waals surface area contributed by atoms with Crippen LogP contribution in [0.1, 0.15) is 51.9 Å². The summed E-state index contributed by atoms with van der Waals surface area (Å²) in [6.07, 6.45) is 6.20. The average Bonchev–Trinajstić information content (AvgIpc) is 3.22. The molecule has 0 radical (unpaired) electrons. The maximum absolute atomic E-state index is 12.0. The number of amides is 2. The monoisotopic (exact) mass is 416 g/mol. The van der Waals surface area contributed by atoms with Gasteiger partial charge in [-0.15, -0.1) is 0 Å². The Morgan fingerprint density at radius 2 is 1.64 bits per heavy atom. The van der Waals surface area contributed by atoms with Crippen LogP contribution >= 0.6 is 11.8 Å². The molecular formula is C20H36N2O5S. The molecule has 28 heavy (non-hydrogen) atoms. The normalized spacial score (nSPS) is 23.5. The second-order valence-corrected chi connectivity index (χ2v) is 8.56. The van der Waals surface area contributed by atoms with Crippen LogP contribution in [0.5, 0.6) is 0 Å². The van der Waals surface area contributed by atoms with Crippen LogP contribution in [-0.2, 0) is 19.0 Å². The van der Waals surface area contributed by atoms with Crippen molar-refractivity contribution in [2.45, 2.75) is 69.2 Å². The summed E-state index contributed by atoms with van der Waals surface area (Å²) in [7, 11) is 0. The van der Waals surface area contributed by atoms with Gasteiger partial charge in [-0.3, -0.25) is 4.79 Å². The number of nitrogens with one attached hydrogen (secondary N) is 2. The molecule has 8 heteroatoms. The fraction of sp³-hybridized carbons (Fsp3) is 0.900. The number of Topliss-reactive ketones (excluding diaryl/α,β-unsaturated/α-hetero) is 1. The standard InChI is InChI=1S/C20H36N2O5S/c1-2-25-11-12-27-14-13-26-10-6-5-8-16(23)7-3-4-9-18-19-17(15-28-18)21-20(24)22-19/h17-19H,2-15H2,1H3,(H2,21,22,24)/t17-,18-,19-/m0/s1. The van der Waals surface area contributed by atoms with Crippen molar-refractivity contribution in [2.75, 3.05) is 45.4 Å². The lowest BCUT2D eigenvalue weighted by Gasteiger charge is -2.16. The minimum Gasteiger partial charge on any atom is -0.379 e. The molecule has 2 aliphatic rings. The summed E-state index contributed by atoms with van der Waals surface area (Å²) in [6.45, 7) is 5.79. The number of hydrogen-bond donors (Lipinski definition) is 2. The minimum atomic E-state index is -0.0337. The van der Waals surface area contributed by atoms with E-state index < -0.39 is 0 Å². The fourth-order valence-electron chi connectivity index (χ4n) is 3.55. The molecule has 3 atom stereocenters. The summed E-state index contributed by atoms with van der Waals surface area (Å²) in [6, 6.07) is 0.518. The van der Waals surface area contributed by atoms with Crippen LogP contribution in [0, 0.1) is 0 Å². The fourth-order valence-corrected chi connectivity index (χ4v) is 5.09. The van der Waals surface area contributed by atoms with Crippen LogP contribution in [0.25, 0.3) is 0 Å². The minimum absolute atomic E-state index is 0.0337. The molecule has 0 unspecified atom stereocenters. The van der Waals surface area contributed by atoms with E-state index in [0.717, 1.165) is 44.5 Å². The number of thioether (sulfide) groups is 1. The van der Waals surface area contributed by atoms with Crippen LogP contribution in [0.4, 0.5) is 4.79 Å². The number of urea groups is 1. The van der Waals surface area contributed by atoms with E-state index in [2.05, 4.69) is 10.6 Å². The van der Waals surface area contributed by atoms with Crippen molar-refractivity contribution < 1.29 is 23.8 Å². The summed E-state index contributed by atoms with van der Waals surface area (Å²) in [5.41, 5.74) is 0. The number of carbonyl (C=O) groups is 2. The van der Waals surface area contributed by atoms with Gasteiger partial charge < -0.3 is 24.8 Å². The van der Waals surface area contributed by atoms with Crippen molar-refractivity contribution in [3.8, 4) is 0 Å². The zero-order chi connectivity index (χ0) is 20.0. The van der Waals surface area contributed by atoms with Crippen LogP contribution in [0.3, 0.4) is 0 Å². The topological polar surface area (TPSA) is 85.9 Å². The molecule has 0 bridgehead atoms. The van der Waals surface area contributed by atoms with Gasteiger partial charge in [0.2, 0.25) is 0 Å². The van der Waals surface area contributed by atoms with Crippen molar-refractivity contribution in [1.82, 2.24) is 10.6 Å². The highest BCUT2D eigenvalue weighted by molar-refractivity contribution is 8.00. The third-order valence-corrected chi connectivity index (χ3v) is 6.58. The van der Waals surface area contributed by atoms with Crippen LogP contribution in [0.2, 0.25) is 0 Å². The molecule has 0 aromatic carbocycles. The highest BCUT2D eigenvalue weighted by Crippen LogP contribution is 2.33. The molecule has 7 nitrogen and oxygen atoms in total. The zero-order valence-corrected chi connectivity index (χ0v) is 17.9. The average molecular weight is 417 g/mol. The van der Waals surface area contributed by atoms with Gasteiger partial charge in [-0.25, -0.2) is 4.79 Å². The first-order valence-electron chi connectivity index (χ1n) is 10.6. The van der Waals surface area contributed by atoms with Crippen molar-refractivity contribution in [2.24, 2.45) is 0 Å². The van der Waals surface area contributed by atoms with Crippen LogP contribution in [0.15, 0.2) is 0 Å². The van der Waals surface area contributed by atoms with Gasteiger partial charge in [0.05, 0.1) is 38.5 Å². The summed E-state index contributed by atoms with van der Waals surface area (Å²) >= 11 is 1.93. The highest BCUT2D eigenvalue weighted by atomic mass is 32.2. The molecule has 0 aromatic rings. The Balaban J connectivity index is 1.34. The lowest BCUT2D eigenvalue weighted by atomic mass is 10.0. The maximum atomic E-state index is 12.0. The number of ether oxygens (including phenoxy) is 3. The first-order chi connectivity index (χ1) is 13.7. The zero-order valence-electron chi connectivity index (χ0n) is 17.1. The Morgan fingerprint density at radius 3 is 2.39 bits per heavy atom. The SMILES string of the molecule is CCOCCOCCOCCCCC(=O)CCCC[C@@H]1SC[C@@H]2NC(=O)N[C@@H]21. The summed E-state index contributed by atoms with van der Waals surface area (Å²) in [4.78, 5) is 23.4. The van der Waals surface area contributed by atoms with Crippen molar-refractivity contribution >= 4 is 23.6 Å². The lowest BCUT2D eigenvalue weighted by Crippen LogP contribution is -2.36. The molecule has 0 spiro atoms. The highest BCUT2D eigenvalue weighted by Gasteiger charge is 2.42. The number of hydrogen-bond acceptors (Lipinski definition) is 6. The van der Waals surface area contributed by atoms with Crippen molar-refractivity contribution in [3.63, 3.8) is 0 Å². The Labute approximate surface area is 173 Å². The largest absolute Gasteiger partial charge is 0.379 e. The maximum Gasteiger partial charge on any atom is 0.315 e. The smallest absolute Gasteiger partial charge is 0.315 e. The Bertz CT molecular complexity index is 466. The van der Waals surface area contributed by atoms with Gasteiger partial charge in [0, 0.05) is 37.1 Å². The Morgan fingerprint density at radius 1 is 0.964 bits per heavy atom.